The predicted octanol–water partition coefficient (Wildman–Crippen LogP) is 1.97. The van der Waals surface area contributed by atoms with Crippen LogP contribution in [0, 0.1) is 5.92 Å². The summed E-state index contributed by atoms with van der Waals surface area (Å²) in [5.41, 5.74) is 0. The summed E-state index contributed by atoms with van der Waals surface area (Å²) in [6.45, 7) is 6.13. The second kappa shape index (κ2) is 4.57. The van der Waals surface area contributed by atoms with Crippen molar-refractivity contribution < 1.29 is 5.11 Å². The quantitative estimate of drug-likeness (QED) is 0.576. The molecule has 0 amide bonds. The van der Waals surface area contributed by atoms with Gasteiger partial charge < -0.3 is 5.11 Å². The largest absolute Gasteiger partial charge is 0.389 e. The van der Waals surface area contributed by atoms with E-state index in [9.17, 15) is 0 Å². The minimum absolute atomic E-state index is 0.241. The van der Waals surface area contributed by atoms with Gasteiger partial charge in [0.1, 0.15) is 0 Å². The second-order valence-corrected chi connectivity index (χ2v) is 2.72. The van der Waals surface area contributed by atoms with Gasteiger partial charge >= 0.3 is 0 Å². The van der Waals surface area contributed by atoms with Crippen LogP contribution in [0.3, 0.4) is 0 Å². The molecule has 0 bridgehead atoms. The molecule has 0 heterocycles. The molecular weight excluding hydrogens is 112 g/mol. The fraction of sp³-hybridized carbons (Fsp3) is 0.750. The Morgan fingerprint density at radius 3 is 2.33 bits per heavy atom. The number of hydrogen-bond acceptors (Lipinski definition) is 1. The van der Waals surface area contributed by atoms with Crippen LogP contribution in [0.4, 0.5) is 0 Å². The van der Waals surface area contributed by atoms with Gasteiger partial charge in [0.15, 0.2) is 0 Å². The van der Waals surface area contributed by atoms with Gasteiger partial charge in [0.05, 0.1) is 6.10 Å². The molecule has 1 atom stereocenters. The van der Waals surface area contributed by atoms with Gasteiger partial charge in [-0.3, -0.25) is 0 Å². The van der Waals surface area contributed by atoms with Gasteiger partial charge in [-0.15, -0.1) is 0 Å². The van der Waals surface area contributed by atoms with Crippen LogP contribution in [0.1, 0.15) is 27.2 Å². The lowest BCUT2D eigenvalue weighted by Crippen LogP contribution is -2.05. The van der Waals surface area contributed by atoms with Crippen molar-refractivity contribution in [2.24, 2.45) is 5.92 Å². The summed E-state index contributed by atoms with van der Waals surface area (Å²) in [7, 11) is 0. The maximum absolute atomic E-state index is 9.13. The van der Waals surface area contributed by atoms with Crippen LogP contribution in [0.5, 0.6) is 0 Å². The normalized spacial score (nSPS) is 15.2. The Balaban J connectivity index is 3.38. The van der Waals surface area contributed by atoms with Gasteiger partial charge in [-0.05, 0) is 19.3 Å². The van der Waals surface area contributed by atoms with Crippen molar-refractivity contribution in [3.63, 3.8) is 0 Å². The van der Waals surface area contributed by atoms with E-state index in [0.29, 0.717) is 5.92 Å². The highest BCUT2D eigenvalue weighted by Gasteiger charge is 2.00. The summed E-state index contributed by atoms with van der Waals surface area (Å²) in [5, 5.41) is 9.13. The summed E-state index contributed by atoms with van der Waals surface area (Å²) in [4.78, 5) is 0. The monoisotopic (exact) mass is 128 g/mol. The molecule has 0 radical (unpaired) electrons. The average molecular weight is 128 g/mol. The standard InChI is InChI=1S/C8H16O/c1-4-5-8(9)6-7(2)3/h4-5,7-9H,6H2,1-3H3/b5-4+. The summed E-state index contributed by atoms with van der Waals surface area (Å²) >= 11 is 0. The summed E-state index contributed by atoms with van der Waals surface area (Å²) in [6.07, 6.45) is 4.33. The van der Waals surface area contributed by atoms with Gasteiger partial charge in [0, 0.05) is 0 Å². The molecule has 0 aliphatic rings. The van der Waals surface area contributed by atoms with E-state index in [1.54, 1.807) is 0 Å². The Kier molecular flexibility index (Phi) is 4.41. The highest BCUT2D eigenvalue weighted by atomic mass is 16.3. The van der Waals surface area contributed by atoms with Gasteiger partial charge in [-0.1, -0.05) is 26.0 Å². The van der Waals surface area contributed by atoms with E-state index in [-0.39, 0.29) is 6.10 Å². The van der Waals surface area contributed by atoms with Crippen molar-refractivity contribution in [1.82, 2.24) is 0 Å². The molecule has 0 aromatic rings. The lowest BCUT2D eigenvalue weighted by atomic mass is 10.1. The molecule has 1 nitrogen and oxygen atoms in total. The first-order valence-electron chi connectivity index (χ1n) is 3.47. The molecule has 0 aromatic heterocycles. The summed E-state index contributed by atoms with van der Waals surface area (Å²) in [5.74, 6) is 0.580. The van der Waals surface area contributed by atoms with Crippen LogP contribution in [0.25, 0.3) is 0 Å². The number of aliphatic hydroxyl groups excluding tert-OH is 1. The Bertz CT molecular complexity index is 84.6. The Morgan fingerprint density at radius 2 is 2.00 bits per heavy atom. The van der Waals surface area contributed by atoms with Crippen molar-refractivity contribution in [2.45, 2.75) is 33.3 Å². The number of aliphatic hydroxyl groups is 1. The van der Waals surface area contributed by atoms with Crippen molar-refractivity contribution in [3.8, 4) is 0 Å². The summed E-state index contributed by atoms with van der Waals surface area (Å²) < 4.78 is 0. The van der Waals surface area contributed by atoms with Gasteiger partial charge in [-0.2, -0.15) is 0 Å². The zero-order chi connectivity index (χ0) is 7.28. The highest BCUT2D eigenvalue weighted by molar-refractivity contribution is 4.85. The molecule has 0 aromatic carbocycles. The molecule has 0 aliphatic heterocycles. The van der Waals surface area contributed by atoms with E-state index in [1.807, 2.05) is 19.1 Å². The third-order valence-corrected chi connectivity index (χ3v) is 1.13. The zero-order valence-electron chi connectivity index (χ0n) is 6.46. The topological polar surface area (TPSA) is 20.2 Å². The predicted molar refractivity (Wildman–Crippen MR) is 40.3 cm³/mol. The van der Waals surface area contributed by atoms with Gasteiger partial charge in [-0.25, -0.2) is 0 Å². The average Bonchev–Trinajstić information content (AvgIpc) is 1.63. The number of allylic oxidation sites excluding steroid dienone is 1. The van der Waals surface area contributed by atoms with E-state index < -0.39 is 0 Å². The first kappa shape index (κ1) is 8.70. The molecule has 54 valence electrons. The summed E-state index contributed by atoms with van der Waals surface area (Å²) in [6, 6.07) is 0. The van der Waals surface area contributed by atoms with Gasteiger partial charge in [0.2, 0.25) is 0 Å². The molecule has 1 heteroatoms. The molecule has 0 rings (SSSR count). The van der Waals surface area contributed by atoms with Crippen molar-refractivity contribution in [1.29, 1.82) is 0 Å². The molecule has 0 spiro atoms. The van der Waals surface area contributed by atoms with E-state index >= 15 is 0 Å². The third-order valence-electron chi connectivity index (χ3n) is 1.13. The Morgan fingerprint density at radius 1 is 1.44 bits per heavy atom. The van der Waals surface area contributed by atoms with Crippen LogP contribution in [0.15, 0.2) is 12.2 Å². The van der Waals surface area contributed by atoms with Crippen LogP contribution in [-0.4, -0.2) is 11.2 Å². The molecule has 1 unspecified atom stereocenters. The minimum atomic E-state index is -0.241. The van der Waals surface area contributed by atoms with Crippen molar-refractivity contribution in [3.05, 3.63) is 12.2 Å². The van der Waals surface area contributed by atoms with E-state index in [1.165, 1.54) is 0 Å². The van der Waals surface area contributed by atoms with E-state index in [0.717, 1.165) is 6.42 Å². The number of hydrogen-bond donors (Lipinski definition) is 1. The lowest BCUT2D eigenvalue weighted by molar-refractivity contribution is 0.195. The highest BCUT2D eigenvalue weighted by Crippen LogP contribution is 2.04. The second-order valence-electron chi connectivity index (χ2n) is 2.72. The maximum Gasteiger partial charge on any atom is 0.0723 e. The molecule has 0 fully saturated rings. The molecule has 0 aliphatic carbocycles. The first-order chi connectivity index (χ1) is 4.16. The third kappa shape index (κ3) is 5.57. The Hall–Kier alpha value is -0.300. The number of rotatable bonds is 3. The maximum atomic E-state index is 9.13. The van der Waals surface area contributed by atoms with Crippen LogP contribution < -0.4 is 0 Å². The molecule has 0 saturated carbocycles. The smallest absolute Gasteiger partial charge is 0.0723 e. The molecule has 1 N–H and O–H groups in total. The van der Waals surface area contributed by atoms with Crippen molar-refractivity contribution in [2.75, 3.05) is 0 Å². The fourth-order valence-electron chi connectivity index (χ4n) is 0.784. The van der Waals surface area contributed by atoms with E-state index in [2.05, 4.69) is 13.8 Å². The Labute approximate surface area is 57.4 Å². The van der Waals surface area contributed by atoms with Crippen LogP contribution >= 0.6 is 0 Å². The minimum Gasteiger partial charge on any atom is -0.389 e. The molecule has 9 heavy (non-hydrogen) atoms. The SMILES string of the molecule is C/C=C/C(O)CC(C)C. The first-order valence-corrected chi connectivity index (χ1v) is 3.47. The zero-order valence-corrected chi connectivity index (χ0v) is 6.46. The molecular formula is C8H16O. The van der Waals surface area contributed by atoms with Gasteiger partial charge in [0.25, 0.3) is 0 Å². The van der Waals surface area contributed by atoms with Crippen molar-refractivity contribution >= 4 is 0 Å². The van der Waals surface area contributed by atoms with E-state index in [4.69, 9.17) is 5.11 Å². The molecule has 0 saturated heterocycles. The van der Waals surface area contributed by atoms with Crippen LogP contribution in [0.2, 0.25) is 0 Å². The fourth-order valence-corrected chi connectivity index (χ4v) is 0.784. The lowest BCUT2D eigenvalue weighted by Gasteiger charge is -2.06. The van der Waals surface area contributed by atoms with Crippen LogP contribution in [-0.2, 0) is 0 Å².